The van der Waals surface area contributed by atoms with Gasteiger partial charge in [-0.25, -0.2) is 0 Å². The Morgan fingerprint density at radius 2 is 2.11 bits per heavy atom. The van der Waals surface area contributed by atoms with Gasteiger partial charge < -0.3 is 0 Å². The lowest BCUT2D eigenvalue weighted by atomic mass is 10.0. The normalized spacial score (nSPS) is 12.3. The quantitative estimate of drug-likeness (QED) is 0.595. The molecule has 0 bridgehead atoms. The molecule has 2 aromatic heterocycles. The zero-order valence-corrected chi connectivity index (χ0v) is 10.3. The van der Waals surface area contributed by atoms with Crippen LogP contribution >= 0.6 is 0 Å². The minimum Gasteiger partial charge on any atom is -0.271 e. The summed E-state index contributed by atoms with van der Waals surface area (Å²) in [6, 6.07) is 10.2. The van der Waals surface area contributed by atoms with Crippen LogP contribution in [0.5, 0.6) is 0 Å². The fourth-order valence-corrected chi connectivity index (χ4v) is 1.92. The van der Waals surface area contributed by atoms with Crippen molar-refractivity contribution in [2.45, 2.75) is 25.3 Å². The van der Waals surface area contributed by atoms with Crippen LogP contribution in [0.2, 0.25) is 0 Å². The molecule has 94 valence electrons. The summed E-state index contributed by atoms with van der Waals surface area (Å²) in [5.41, 5.74) is 5.16. The van der Waals surface area contributed by atoms with Crippen molar-refractivity contribution in [2.24, 2.45) is 5.84 Å². The molecule has 0 amide bonds. The fraction of sp³-hybridized carbons (Fsp3) is 0.286. The smallest absolute Gasteiger partial charge is 0.0404 e. The third kappa shape index (κ3) is 3.91. The first kappa shape index (κ1) is 12.7. The lowest BCUT2D eigenvalue weighted by Crippen LogP contribution is -2.37. The third-order valence-electron chi connectivity index (χ3n) is 2.92. The molecule has 2 aromatic rings. The van der Waals surface area contributed by atoms with E-state index >= 15 is 0 Å². The topological polar surface area (TPSA) is 63.8 Å². The molecule has 3 N–H and O–H groups in total. The van der Waals surface area contributed by atoms with E-state index in [1.807, 2.05) is 36.7 Å². The summed E-state index contributed by atoms with van der Waals surface area (Å²) in [7, 11) is 0. The number of nitrogens with two attached hydrogens (primary N) is 1. The zero-order valence-electron chi connectivity index (χ0n) is 10.3. The number of aromatic nitrogens is 2. The van der Waals surface area contributed by atoms with E-state index < -0.39 is 0 Å². The Hall–Kier alpha value is -1.78. The van der Waals surface area contributed by atoms with Crippen LogP contribution < -0.4 is 11.3 Å². The Kier molecular flexibility index (Phi) is 4.81. The summed E-state index contributed by atoms with van der Waals surface area (Å²) in [6.45, 7) is 0. The van der Waals surface area contributed by atoms with Crippen LogP contribution in [0.1, 0.15) is 17.7 Å². The molecule has 4 nitrogen and oxygen atoms in total. The Morgan fingerprint density at radius 3 is 2.78 bits per heavy atom. The number of rotatable bonds is 6. The standard InChI is InChI=1S/C14H18N4/c15-18-14(10-12-4-3-8-16-11-12)7-6-13-5-1-2-9-17-13/h1-5,8-9,11,14,18H,6-7,10,15H2. The van der Waals surface area contributed by atoms with Crippen molar-refractivity contribution < 1.29 is 0 Å². The molecule has 2 rings (SSSR count). The molecule has 1 unspecified atom stereocenters. The van der Waals surface area contributed by atoms with E-state index in [-0.39, 0.29) is 6.04 Å². The first-order valence-corrected chi connectivity index (χ1v) is 6.13. The maximum Gasteiger partial charge on any atom is 0.0404 e. The molecule has 0 aliphatic carbocycles. The highest BCUT2D eigenvalue weighted by Crippen LogP contribution is 2.07. The van der Waals surface area contributed by atoms with Gasteiger partial charge in [0, 0.05) is 30.3 Å². The van der Waals surface area contributed by atoms with Gasteiger partial charge in [0.05, 0.1) is 0 Å². The molecule has 18 heavy (non-hydrogen) atoms. The summed E-state index contributed by atoms with van der Waals surface area (Å²) in [5.74, 6) is 5.59. The van der Waals surface area contributed by atoms with Crippen LogP contribution in [0.15, 0.2) is 48.9 Å². The fourth-order valence-electron chi connectivity index (χ4n) is 1.92. The number of hydrogen-bond donors (Lipinski definition) is 2. The number of nitrogens with zero attached hydrogens (tertiary/aromatic N) is 2. The molecular formula is C14H18N4. The Morgan fingerprint density at radius 1 is 1.17 bits per heavy atom. The third-order valence-corrected chi connectivity index (χ3v) is 2.92. The Labute approximate surface area is 107 Å². The highest BCUT2D eigenvalue weighted by molar-refractivity contribution is 5.10. The van der Waals surface area contributed by atoms with E-state index in [0.29, 0.717) is 0 Å². The molecule has 0 saturated carbocycles. The molecule has 0 fully saturated rings. The zero-order chi connectivity index (χ0) is 12.6. The summed E-state index contributed by atoms with van der Waals surface area (Å²) in [6.07, 6.45) is 8.25. The minimum absolute atomic E-state index is 0.246. The van der Waals surface area contributed by atoms with Crippen LogP contribution in [-0.4, -0.2) is 16.0 Å². The molecule has 0 aliphatic rings. The maximum absolute atomic E-state index is 5.59. The van der Waals surface area contributed by atoms with Crippen molar-refractivity contribution in [3.05, 3.63) is 60.2 Å². The molecular weight excluding hydrogens is 224 g/mol. The van der Waals surface area contributed by atoms with Crippen molar-refractivity contribution in [1.29, 1.82) is 0 Å². The van der Waals surface area contributed by atoms with Crippen molar-refractivity contribution in [3.8, 4) is 0 Å². The molecule has 0 saturated heterocycles. The van der Waals surface area contributed by atoms with E-state index in [9.17, 15) is 0 Å². The molecule has 0 spiro atoms. The van der Waals surface area contributed by atoms with E-state index in [2.05, 4.69) is 21.5 Å². The highest BCUT2D eigenvalue weighted by Gasteiger charge is 2.08. The lowest BCUT2D eigenvalue weighted by molar-refractivity contribution is 0.488. The van der Waals surface area contributed by atoms with Gasteiger partial charge in [0.1, 0.15) is 0 Å². The molecule has 0 aromatic carbocycles. The summed E-state index contributed by atoms with van der Waals surface area (Å²) in [4.78, 5) is 8.42. The lowest BCUT2D eigenvalue weighted by Gasteiger charge is -2.15. The predicted molar refractivity (Wildman–Crippen MR) is 71.6 cm³/mol. The molecule has 4 heteroatoms. The van der Waals surface area contributed by atoms with Gasteiger partial charge in [-0.2, -0.15) is 0 Å². The van der Waals surface area contributed by atoms with Crippen LogP contribution in [-0.2, 0) is 12.8 Å². The second-order valence-electron chi connectivity index (χ2n) is 4.29. The Bertz CT molecular complexity index is 444. The van der Waals surface area contributed by atoms with Gasteiger partial charge in [-0.3, -0.25) is 21.2 Å². The van der Waals surface area contributed by atoms with Crippen LogP contribution in [0.25, 0.3) is 0 Å². The molecule has 2 heterocycles. The van der Waals surface area contributed by atoms with Gasteiger partial charge in [-0.15, -0.1) is 0 Å². The summed E-state index contributed by atoms with van der Waals surface area (Å²) in [5, 5.41) is 0. The second kappa shape index (κ2) is 6.83. The highest BCUT2D eigenvalue weighted by atomic mass is 15.2. The van der Waals surface area contributed by atoms with Gasteiger partial charge in [0.25, 0.3) is 0 Å². The number of hydrazine groups is 1. The molecule has 0 radical (unpaired) electrons. The van der Waals surface area contributed by atoms with Crippen LogP contribution in [0.4, 0.5) is 0 Å². The van der Waals surface area contributed by atoms with Crippen LogP contribution in [0.3, 0.4) is 0 Å². The minimum atomic E-state index is 0.246. The number of nitrogens with one attached hydrogen (secondary N) is 1. The number of aryl methyl sites for hydroxylation is 1. The van der Waals surface area contributed by atoms with Crippen molar-refractivity contribution in [2.75, 3.05) is 0 Å². The molecule has 1 atom stereocenters. The van der Waals surface area contributed by atoms with Crippen LogP contribution in [0, 0.1) is 0 Å². The van der Waals surface area contributed by atoms with Gasteiger partial charge in [0.2, 0.25) is 0 Å². The average Bonchev–Trinajstić information content (AvgIpc) is 2.45. The number of pyridine rings is 2. The van der Waals surface area contributed by atoms with E-state index in [1.165, 1.54) is 5.56 Å². The first-order valence-electron chi connectivity index (χ1n) is 6.13. The number of hydrogen-bond acceptors (Lipinski definition) is 4. The van der Waals surface area contributed by atoms with Gasteiger partial charge in [-0.05, 0) is 43.0 Å². The molecule has 0 aliphatic heterocycles. The van der Waals surface area contributed by atoms with Crippen molar-refractivity contribution >= 4 is 0 Å². The predicted octanol–water partition coefficient (Wildman–Crippen LogP) is 1.48. The van der Waals surface area contributed by atoms with E-state index in [0.717, 1.165) is 25.0 Å². The Balaban J connectivity index is 1.86. The SMILES string of the molecule is NNC(CCc1ccccn1)Cc1cccnc1. The van der Waals surface area contributed by atoms with E-state index in [1.54, 1.807) is 6.20 Å². The average molecular weight is 242 g/mol. The van der Waals surface area contributed by atoms with E-state index in [4.69, 9.17) is 5.84 Å². The van der Waals surface area contributed by atoms with Crippen molar-refractivity contribution in [1.82, 2.24) is 15.4 Å². The monoisotopic (exact) mass is 242 g/mol. The maximum atomic E-state index is 5.59. The summed E-state index contributed by atoms with van der Waals surface area (Å²) < 4.78 is 0. The van der Waals surface area contributed by atoms with Gasteiger partial charge >= 0.3 is 0 Å². The largest absolute Gasteiger partial charge is 0.271 e. The second-order valence-corrected chi connectivity index (χ2v) is 4.29. The first-order chi connectivity index (χ1) is 8.88. The van der Waals surface area contributed by atoms with Crippen molar-refractivity contribution in [3.63, 3.8) is 0 Å². The summed E-state index contributed by atoms with van der Waals surface area (Å²) >= 11 is 0. The van der Waals surface area contributed by atoms with Gasteiger partial charge in [-0.1, -0.05) is 12.1 Å². The van der Waals surface area contributed by atoms with Gasteiger partial charge in [0.15, 0.2) is 0 Å².